The molecular formula is C18H22N4O2. The molecule has 1 fully saturated rings. The fraction of sp³-hybridized carbons (Fsp3) is 0.389. The van der Waals surface area contributed by atoms with Crippen molar-refractivity contribution < 1.29 is 9.53 Å². The number of nitrogens with zero attached hydrogens (tertiary/aromatic N) is 3. The van der Waals surface area contributed by atoms with Gasteiger partial charge in [0.25, 0.3) is 5.91 Å². The number of hydrogen-bond donors (Lipinski definition) is 1. The van der Waals surface area contributed by atoms with Crippen molar-refractivity contribution in [1.29, 1.82) is 0 Å². The molecule has 126 valence electrons. The number of amides is 1. The van der Waals surface area contributed by atoms with Crippen LogP contribution in [0.15, 0.2) is 36.5 Å². The molecule has 24 heavy (non-hydrogen) atoms. The van der Waals surface area contributed by atoms with Gasteiger partial charge in [0.15, 0.2) is 0 Å². The van der Waals surface area contributed by atoms with Crippen LogP contribution < -0.4 is 15.0 Å². The maximum atomic E-state index is 12.4. The zero-order valence-corrected chi connectivity index (χ0v) is 14.0. The predicted octanol–water partition coefficient (Wildman–Crippen LogP) is 3.12. The Morgan fingerprint density at radius 2 is 1.88 bits per heavy atom. The summed E-state index contributed by atoms with van der Waals surface area (Å²) in [6, 6.07) is 8.94. The van der Waals surface area contributed by atoms with E-state index in [9.17, 15) is 4.79 Å². The minimum absolute atomic E-state index is 0.121. The van der Waals surface area contributed by atoms with E-state index in [0.717, 1.165) is 31.7 Å². The van der Waals surface area contributed by atoms with Gasteiger partial charge in [-0.25, -0.2) is 9.97 Å². The van der Waals surface area contributed by atoms with Crippen molar-refractivity contribution in [3.05, 3.63) is 42.2 Å². The molecule has 0 unspecified atom stereocenters. The molecule has 0 aliphatic carbocycles. The van der Waals surface area contributed by atoms with E-state index in [2.05, 4.69) is 20.2 Å². The minimum atomic E-state index is -0.240. The molecule has 1 aliphatic rings. The molecular weight excluding hydrogens is 304 g/mol. The lowest BCUT2D eigenvalue weighted by molar-refractivity contribution is 0.102. The first kappa shape index (κ1) is 16.2. The van der Waals surface area contributed by atoms with Gasteiger partial charge in [-0.1, -0.05) is 0 Å². The van der Waals surface area contributed by atoms with Gasteiger partial charge in [0.05, 0.1) is 6.10 Å². The number of aromatic nitrogens is 2. The summed E-state index contributed by atoms with van der Waals surface area (Å²) in [5.74, 6) is 1.16. The number of benzene rings is 1. The Labute approximate surface area is 141 Å². The van der Waals surface area contributed by atoms with Gasteiger partial charge in [-0.3, -0.25) is 4.79 Å². The summed E-state index contributed by atoms with van der Waals surface area (Å²) < 4.78 is 5.59. The molecule has 0 radical (unpaired) electrons. The average Bonchev–Trinajstić information content (AvgIpc) is 3.11. The minimum Gasteiger partial charge on any atom is -0.491 e. The van der Waals surface area contributed by atoms with E-state index >= 15 is 0 Å². The maximum Gasteiger partial charge on any atom is 0.274 e. The number of rotatable bonds is 5. The molecule has 2 aromatic rings. The van der Waals surface area contributed by atoms with Gasteiger partial charge < -0.3 is 15.0 Å². The lowest BCUT2D eigenvalue weighted by Gasteiger charge is -2.15. The number of carbonyl (C=O) groups is 1. The number of ether oxygens (including phenoxy) is 1. The van der Waals surface area contributed by atoms with E-state index in [0.29, 0.717) is 17.3 Å². The van der Waals surface area contributed by atoms with Crippen LogP contribution in [0.5, 0.6) is 5.75 Å². The second-order valence-corrected chi connectivity index (χ2v) is 6.08. The smallest absolute Gasteiger partial charge is 0.274 e. The predicted molar refractivity (Wildman–Crippen MR) is 93.6 cm³/mol. The van der Waals surface area contributed by atoms with Gasteiger partial charge in [0, 0.05) is 25.0 Å². The quantitative estimate of drug-likeness (QED) is 0.914. The van der Waals surface area contributed by atoms with Gasteiger partial charge in [-0.15, -0.1) is 0 Å². The van der Waals surface area contributed by atoms with Crippen LogP contribution in [0.4, 0.5) is 11.6 Å². The third kappa shape index (κ3) is 4.01. The Morgan fingerprint density at radius 1 is 1.17 bits per heavy atom. The fourth-order valence-corrected chi connectivity index (χ4v) is 2.63. The van der Waals surface area contributed by atoms with E-state index < -0.39 is 0 Å². The molecule has 0 atom stereocenters. The number of anilines is 2. The summed E-state index contributed by atoms with van der Waals surface area (Å²) in [6.07, 6.45) is 4.04. The van der Waals surface area contributed by atoms with Crippen molar-refractivity contribution in [3.63, 3.8) is 0 Å². The van der Waals surface area contributed by atoms with Crippen molar-refractivity contribution in [1.82, 2.24) is 9.97 Å². The van der Waals surface area contributed by atoms with Crippen LogP contribution in [0.25, 0.3) is 0 Å². The number of nitrogens with one attached hydrogen (secondary N) is 1. The van der Waals surface area contributed by atoms with E-state index in [-0.39, 0.29) is 12.0 Å². The SMILES string of the molecule is CC(C)Oc1ccc(NC(=O)c2ccnc(N3CCCC3)n2)cc1. The molecule has 2 heterocycles. The Kier molecular flexibility index (Phi) is 4.93. The van der Waals surface area contributed by atoms with Crippen LogP contribution in [0.2, 0.25) is 0 Å². The summed E-state index contributed by atoms with van der Waals surface area (Å²) in [4.78, 5) is 23.2. The molecule has 6 nitrogen and oxygen atoms in total. The Bertz CT molecular complexity index is 694. The highest BCUT2D eigenvalue weighted by molar-refractivity contribution is 6.03. The molecule has 0 saturated carbocycles. The normalized spacial score (nSPS) is 14.0. The first-order valence-electron chi connectivity index (χ1n) is 8.28. The molecule has 1 amide bonds. The van der Waals surface area contributed by atoms with Crippen molar-refractivity contribution in [2.75, 3.05) is 23.3 Å². The highest BCUT2D eigenvalue weighted by Crippen LogP contribution is 2.18. The molecule has 3 rings (SSSR count). The first-order chi connectivity index (χ1) is 11.6. The molecule has 1 saturated heterocycles. The van der Waals surface area contributed by atoms with Gasteiger partial charge in [-0.05, 0) is 57.0 Å². The molecule has 1 aromatic heterocycles. The van der Waals surface area contributed by atoms with Crippen molar-refractivity contribution >= 4 is 17.5 Å². The molecule has 1 aromatic carbocycles. The lowest BCUT2D eigenvalue weighted by atomic mass is 10.3. The second kappa shape index (κ2) is 7.29. The zero-order chi connectivity index (χ0) is 16.9. The van der Waals surface area contributed by atoms with Crippen molar-refractivity contribution in [2.24, 2.45) is 0 Å². The monoisotopic (exact) mass is 326 g/mol. The number of carbonyl (C=O) groups excluding carboxylic acids is 1. The largest absolute Gasteiger partial charge is 0.491 e. The van der Waals surface area contributed by atoms with Gasteiger partial charge in [-0.2, -0.15) is 0 Å². The topological polar surface area (TPSA) is 67.3 Å². The highest BCUT2D eigenvalue weighted by atomic mass is 16.5. The fourth-order valence-electron chi connectivity index (χ4n) is 2.63. The van der Waals surface area contributed by atoms with Crippen LogP contribution in [-0.2, 0) is 0 Å². The lowest BCUT2D eigenvalue weighted by Crippen LogP contribution is -2.22. The standard InChI is InChI=1S/C18H22N4O2/c1-13(2)24-15-7-5-14(6-8-15)20-17(23)16-9-10-19-18(21-16)22-11-3-4-12-22/h5-10,13H,3-4,11-12H2,1-2H3,(H,20,23). The maximum absolute atomic E-state index is 12.4. The molecule has 0 bridgehead atoms. The summed E-state index contributed by atoms with van der Waals surface area (Å²) >= 11 is 0. The Balaban J connectivity index is 1.67. The third-order valence-electron chi connectivity index (χ3n) is 3.75. The van der Waals surface area contributed by atoms with E-state index in [1.54, 1.807) is 12.3 Å². The van der Waals surface area contributed by atoms with E-state index in [1.165, 1.54) is 0 Å². The van der Waals surface area contributed by atoms with E-state index in [1.807, 2.05) is 38.1 Å². The first-order valence-corrected chi connectivity index (χ1v) is 8.28. The molecule has 1 N–H and O–H groups in total. The van der Waals surface area contributed by atoms with Gasteiger partial charge in [0.1, 0.15) is 11.4 Å². The third-order valence-corrected chi connectivity index (χ3v) is 3.75. The zero-order valence-electron chi connectivity index (χ0n) is 14.0. The molecule has 0 spiro atoms. The summed E-state index contributed by atoms with van der Waals surface area (Å²) in [5.41, 5.74) is 1.08. The Morgan fingerprint density at radius 3 is 2.54 bits per heavy atom. The van der Waals surface area contributed by atoms with Crippen molar-refractivity contribution in [2.45, 2.75) is 32.8 Å². The number of hydrogen-bond acceptors (Lipinski definition) is 5. The second-order valence-electron chi connectivity index (χ2n) is 6.08. The van der Waals surface area contributed by atoms with Crippen LogP contribution in [0, 0.1) is 0 Å². The highest BCUT2D eigenvalue weighted by Gasteiger charge is 2.17. The van der Waals surface area contributed by atoms with Gasteiger partial charge >= 0.3 is 0 Å². The summed E-state index contributed by atoms with van der Waals surface area (Å²) in [6.45, 7) is 5.84. The van der Waals surface area contributed by atoms with Crippen LogP contribution in [0.1, 0.15) is 37.2 Å². The van der Waals surface area contributed by atoms with Crippen molar-refractivity contribution in [3.8, 4) is 5.75 Å². The Hall–Kier alpha value is -2.63. The van der Waals surface area contributed by atoms with Gasteiger partial charge in [0.2, 0.25) is 5.95 Å². The average molecular weight is 326 g/mol. The van der Waals surface area contributed by atoms with Crippen LogP contribution in [0.3, 0.4) is 0 Å². The summed E-state index contributed by atoms with van der Waals surface area (Å²) in [7, 11) is 0. The van der Waals surface area contributed by atoms with E-state index in [4.69, 9.17) is 4.74 Å². The van der Waals surface area contributed by atoms with Crippen LogP contribution >= 0.6 is 0 Å². The molecule has 6 heteroatoms. The molecule has 1 aliphatic heterocycles. The summed E-state index contributed by atoms with van der Waals surface area (Å²) in [5, 5.41) is 2.85. The van der Waals surface area contributed by atoms with Crippen LogP contribution in [-0.4, -0.2) is 35.1 Å².